The molecule has 1 aliphatic heterocycles. The summed E-state index contributed by atoms with van der Waals surface area (Å²) in [4.78, 5) is 13.5. The third-order valence-electron chi connectivity index (χ3n) is 3.06. The fourth-order valence-corrected chi connectivity index (χ4v) is 2.06. The van der Waals surface area contributed by atoms with Crippen molar-refractivity contribution in [3.8, 4) is 17.6 Å². The highest BCUT2D eigenvalue weighted by atomic mass is 16.5. The molecule has 0 spiro atoms. The number of methoxy groups -OCH3 is 1. The maximum atomic E-state index is 11.8. The van der Waals surface area contributed by atoms with Crippen molar-refractivity contribution in [1.82, 2.24) is 4.90 Å². The fourth-order valence-electron chi connectivity index (χ4n) is 2.06. The van der Waals surface area contributed by atoms with Crippen molar-refractivity contribution in [3.05, 3.63) is 29.3 Å². The standard InChI is InChI=1S/C15H18N2O3/c1-19-14-5-4-12(3-2-6-16)9-13(14)10-17-7-8-20-11-15(17)18/h4-5,9H,6-8,10-11,16H2,1H3. The molecule has 0 radical (unpaired) electrons. The SMILES string of the molecule is COc1ccc(C#CCN)cc1CN1CCOCC1=O. The number of ether oxygens (including phenoxy) is 2. The normalized spacial score (nSPS) is 14.7. The summed E-state index contributed by atoms with van der Waals surface area (Å²) in [5.74, 6) is 6.55. The largest absolute Gasteiger partial charge is 0.496 e. The van der Waals surface area contributed by atoms with Crippen LogP contribution in [0.3, 0.4) is 0 Å². The molecule has 1 aromatic rings. The summed E-state index contributed by atoms with van der Waals surface area (Å²) in [5.41, 5.74) is 7.18. The van der Waals surface area contributed by atoms with E-state index < -0.39 is 0 Å². The predicted molar refractivity (Wildman–Crippen MR) is 75.2 cm³/mol. The quantitative estimate of drug-likeness (QED) is 0.809. The smallest absolute Gasteiger partial charge is 0.248 e. The average molecular weight is 274 g/mol. The molecule has 0 bridgehead atoms. The van der Waals surface area contributed by atoms with E-state index in [2.05, 4.69) is 11.8 Å². The first-order valence-corrected chi connectivity index (χ1v) is 6.46. The molecule has 0 unspecified atom stereocenters. The summed E-state index contributed by atoms with van der Waals surface area (Å²) in [7, 11) is 1.62. The van der Waals surface area contributed by atoms with Crippen LogP contribution in [0, 0.1) is 11.8 Å². The molecule has 1 aliphatic rings. The van der Waals surface area contributed by atoms with Gasteiger partial charge < -0.3 is 20.1 Å². The number of carbonyl (C=O) groups excluding carboxylic acids is 1. The molecule has 2 rings (SSSR count). The van der Waals surface area contributed by atoms with Crippen molar-refractivity contribution in [1.29, 1.82) is 0 Å². The highest BCUT2D eigenvalue weighted by Crippen LogP contribution is 2.22. The number of carbonyl (C=O) groups is 1. The van der Waals surface area contributed by atoms with E-state index in [-0.39, 0.29) is 12.5 Å². The topological polar surface area (TPSA) is 64.8 Å². The molecular weight excluding hydrogens is 256 g/mol. The van der Waals surface area contributed by atoms with Gasteiger partial charge in [-0.3, -0.25) is 4.79 Å². The van der Waals surface area contributed by atoms with Crippen molar-refractivity contribution >= 4 is 5.91 Å². The Morgan fingerprint density at radius 1 is 1.50 bits per heavy atom. The van der Waals surface area contributed by atoms with Gasteiger partial charge >= 0.3 is 0 Å². The molecule has 1 aromatic carbocycles. The van der Waals surface area contributed by atoms with Gasteiger partial charge in [-0.15, -0.1) is 0 Å². The molecule has 1 amide bonds. The number of amides is 1. The van der Waals surface area contributed by atoms with Crippen LogP contribution in [0.2, 0.25) is 0 Å². The molecule has 1 fully saturated rings. The van der Waals surface area contributed by atoms with Crippen LogP contribution in [0.1, 0.15) is 11.1 Å². The van der Waals surface area contributed by atoms with E-state index in [0.717, 1.165) is 16.9 Å². The number of hydrogen-bond acceptors (Lipinski definition) is 4. The summed E-state index contributed by atoms with van der Waals surface area (Å²) in [6, 6.07) is 5.68. The van der Waals surface area contributed by atoms with Gasteiger partial charge in [0.1, 0.15) is 12.4 Å². The summed E-state index contributed by atoms with van der Waals surface area (Å²) in [5, 5.41) is 0. The van der Waals surface area contributed by atoms with Gasteiger partial charge in [-0.05, 0) is 18.2 Å². The monoisotopic (exact) mass is 274 g/mol. The molecule has 5 heteroatoms. The highest BCUT2D eigenvalue weighted by Gasteiger charge is 2.20. The van der Waals surface area contributed by atoms with E-state index in [1.54, 1.807) is 12.0 Å². The fraction of sp³-hybridized carbons (Fsp3) is 0.400. The van der Waals surface area contributed by atoms with Gasteiger partial charge in [-0.1, -0.05) is 11.8 Å². The summed E-state index contributed by atoms with van der Waals surface area (Å²) in [6.45, 7) is 2.14. The lowest BCUT2D eigenvalue weighted by Gasteiger charge is -2.27. The number of nitrogens with zero attached hydrogens (tertiary/aromatic N) is 1. The second-order valence-corrected chi connectivity index (χ2v) is 4.40. The average Bonchev–Trinajstić information content (AvgIpc) is 2.48. The van der Waals surface area contributed by atoms with Gasteiger partial charge in [0.2, 0.25) is 5.91 Å². The molecular formula is C15H18N2O3. The molecule has 20 heavy (non-hydrogen) atoms. The zero-order valence-corrected chi connectivity index (χ0v) is 11.5. The second kappa shape index (κ2) is 6.94. The second-order valence-electron chi connectivity index (χ2n) is 4.40. The molecule has 5 nitrogen and oxygen atoms in total. The molecule has 1 saturated heterocycles. The number of benzene rings is 1. The first-order valence-electron chi connectivity index (χ1n) is 6.46. The van der Waals surface area contributed by atoms with Gasteiger partial charge in [0.05, 0.1) is 20.3 Å². The number of rotatable bonds is 3. The maximum Gasteiger partial charge on any atom is 0.248 e. The molecule has 1 heterocycles. The highest BCUT2D eigenvalue weighted by molar-refractivity contribution is 5.78. The Kier molecular flexibility index (Phi) is 4.99. The van der Waals surface area contributed by atoms with Crippen LogP contribution in [0.4, 0.5) is 0 Å². The lowest BCUT2D eigenvalue weighted by Crippen LogP contribution is -2.41. The minimum absolute atomic E-state index is 0.00301. The van der Waals surface area contributed by atoms with Crippen LogP contribution >= 0.6 is 0 Å². The van der Waals surface area contributed by atoms with Crippen LogP contribution in [0.15, 0.2) is 18.2 Å². The Morgan fingerprint density at radius 3 is 3.05 bits per heavy atom. The van der Waals surface area contributed by atoms with Crippen molar-refractivity contribution in [2.24, 2.45) is 5.73 Å². The van der Waals surface area contributed by atoms with E-state index in [1.807, 2.05) is 18.2 Å². The van der Waals surface area contributed by atoms with Gasteiger partial charge in [0, 0.05) is 24.2 Å². The van der Waals surface area contributed by atoms with Crippen LogP contribution in [0.5, 0.6) is 5.75 Å². The van der Waals surface area contributed by atoms with Crippen LogP contribution in [-0.2, 0) is 16.1 Å². The van der Waals surface area contributed by atoms with Crippen LogP contribution < -0.4 is 10.5 Å². The zero-order valence-electron chi connectivity index (χ0n) is 11.5. The number of hydrogen-bond donors (Lipinski definition) is 1. The molecule has 0 saturated carbocycles. The Labute approximate surface area is 118 Å². The maximum absolute atomic E-state index is 11.8. The summed E-state index contributed by atoms with van der Waals surface area (Å²) < 4.78 is 10.5. The zero-order chi connectivity index (χ0) is 14.4. The van der Waals surface area contributed by atoms with Gasteiger partial charge in [-0.2, -0.15) is 0 Å². The lowest BCUT2D eigenvalue weighted by atomic mass is 10.1. The van der Waals surface area contributed by atoms with Gasteiger partial charge in [-0.25, -0.2) is 0 Å². The first kappa shape index (κ1) is 14.4. The Bertz CT molecular complexity index is 546. The number of nitrogens with two attached hydrogens (primary N) is 1. The summed E-state index contributed by atoms with van der Waals surface area (Å²) in [6.07, 6.45) is 0. The molecule has 0 aliphatic carbocycles. The molecule has 106 valence electrons. The Morgan fingerprint density at radius 2 is 2.35 bits per heavy atom. The van der Waals surface area contributed by atoms with Crippen LogP contribution in [-0.4, -0.2) is 44.2 Å². The van der Waals surface area contributed by atoms with Crippen molar-refractivity contribution in [2.75, 3.05) is 33.4 Å². The third-order valence-corrected chi connectivity index (χ3v) is 3.06. The Balaban J connectivity index is 2.21. The third kappa shape index (κ3) is 3.50. The molecule has 0 atom stereocenters. The summed E-state index contributed by atoms with van der Waals surface area (Å²) >= 11 is 0. The van der Waals surface area contributed by atoms with E-state index in [9.17, 15) is 4.79 Å². The van der Waals surface area contributed by atoms with Crippen molar-refractivity contribution in [3.63, 3.8) is 0 Å². The molecule has 2 N–H and O–H groups in total. The first-order chi connectivity index (χ1) is 9.74. The van der Waals surface area contributed by atoms with Crippen molar-refractivity contribution < 1.29 is 14.3 Å². The minimum Gasteiger partial charge on any atom is -0.496 e. The minimum atomic E-state index is -0.00301. The number of morpholine rings is 1. The van der Waals surface area contributed by atoms with Gasteiger partial charge in [0.15, 0.2) is 0 Å². The predicted octanol–water partition coefficient (Wildman–Crippen LogP) is 0.364. The van der Waals surface area contributed by atoms with Crippen molar-refractivity contribution in [2.45, 2.75) is 6.54 Å². The van der Waals surface area contributed by atoms with E-state index in [0.29, 0.717) is 26.2 Å². The Hall–Kier alpha value is -2.03. The van der Waals surface area contributed by atoms with E-state index in [1.165, 1.54) is 0 Å². The lowest BCUT2D eigenvalue weighted by molar-refractivity contribution is -0.143. The van der Waals surface area contributed by atoms with E-state index >= 15 is 0 Å². The van der Waals surface area contributed by atoms with E-state index in [4.69, 9.17) is 15.2 Å². The molecule has 0 aromatic heterocycles. The van der Waals surface area contributed by atoms with Crippen LogP contribution in [0.25, 0.3) is 0 Å². The van der Waals surface area contributed by atoms with Gasteiger partial charge in [0.25, 0.3) is 0 Å².